The highest BCUT2D eigenvalue weighted by molar-refractivity contribution is 9.10. The Labute approximate surface area is 122 Å². The lowest BCUT2D eigenvalue weighted by Crippen LogP contribution is -2.00. The standard InChI is InChI=1S/C11H9BrCl2N2S/c12-7-1-2-17-10(7)5-16-11-8(13)3-6(15)4-9(11)14/h1-4,16H,5,15H2. The Morgan fingerprint density at radius 1 is 1.29 bits per heavy atom. The Morgan fingerprint density at radius 3 is 2.47 bits per heavy atom. The molecule has 0 unspecified atom stereocenters. The third-order valence-electron chi connectivity index (χ3n) is 2.18. The van der Waals surface area contributed by atoms with Crippen molar-refractivity contribution in [3.8, 4) is 0 Å². The minimum absolute atomic E-state index is 0.530. The molecule has 90 valence electrons. The number of nitrogens with two attached hydrogens (primary N) is 1. The molecule has 0 saturated carbocycles. The van der Waals surface area contributed by atoms with Crippen LogP contribution in [-0.4, -0.2) is 0 Å². The summed E-state index contributed by atoms with van der Waals surface area (Å²) < 4.78 is 1.08. The number of hydrogen-bond donors (Lipinski definition) is 2. The SMILES string of the molecule is Nc1cc(Cl)c(NCc2sccc2Br)c(Cl)c1. The van der Waals surface area contributed by atoms with E-state index in [-0.39, 0.29) is 0 Å². The predicted molar refractivity (Wildman–Crippen MR) is 80.2 cm³/mol. The number of halogens is 3. The average Bonchev–Trinajstić information content (AvgIpc) is 2.62. The van der Waals surface area contributed by atoms with Crippen LogP contribution in [0.15, 0.2) is 28.1 Å². The maximum absolute atomic E-state index is 6.08. The molecule has 1 aromatic carbocycles. The first-order valence-corrected chi connectivity index (χ1v) is 7.21. The van der Waals surface area contributed by atoms with Gasteiger partial charge in [0.25, 0.3) is 0 Å². The molecule has 0 bridgehead atoms. The van der Waals surface area contributed by atoms with E-state index in [2.05, 4.69) is 21.2 Å². The molecule has 0 amide bonds. The van der Waals surface area contributed by atoms with Crippen LogP contribution in [0.5, 0.6) is 0 Å². The Hall–Kier alpha value is -0.420. The summed E-state index contributed by atoms with van der Waals surface area (Å²) in [6.07, 6.45) is 0. The van der Waals surface area contributed by atoms with Crippen LogP contribution in [-0.2, 0) is 6.54 Å². The number of nitrogens with one attached hydrogen (secondary N) is 1. The van der Waals surface area contributed by atoms with E-state index in [1.54, 1.807) is 23.5 Å². The van der Waals surface area contributed by atoms with Crippen LogP contribution in [0.3, 0.4) is 0 Å². The van der Waals surface area contributed by atoms with Crippen LogP contribution in [0.1, 0.15) is 4.88 Å². The van der Waals surface area contributed by atoms with Gasteiger partial charge in [0, 0.05) is 15.0 Å². The van der Waals surface area contributed by atoms with Crippen LogP contribution in [0, 0.1) is 0 Å². The molecule has 0 aliphatic carbocycles. The van der Waals surface area contributed by atoms with Gasteiger partial charge >= 0.3 is 0 Å². The van der Waals surface area contributed by atoms with Gasteiger partial charge in [0.2, 0.25) is 0 Å². The summed E-state index contributed by atoms with van der Waals surface area (Å²) in [5.74, 6) is 0. The summed E-state index contributed by atoms with van der Waals surface area (Å²) in [6, 6.07) is 5.37. The maximum atomic E-state index is 6.08. The molecule has 2 aromatic rings. The fraction of sp³-hybridized carbons (Fsp3) is 0.0909. The van der Waals surface area contributed by atoms with Gasteiger partial charge in [-0.15, -0.1) is 11.3 Å². The molecule has 0 aliphatic rings. The Kier molecular flexibility index (Phi) is 4.20. The van der Waals surface area contributed by atoms with E-state index in [1.807, 2.05) is 11.4 Å². The number of rotatable bonds is 3. The van der Waals surface area contributed by atoms with E-state index in [4.69, 9.17) is 28.9 Å². The van der Waals surface area contributed by atoms with Gasteiger partial charge in [-0.3, -0.25) is 0 Å². The van der Waals surface area contributed by atoms with Crippen LogP contribution in [0.4, 0.5) is 11.4 Å². The van der Waals surface area contributed by atoms with Crippen molar-refractivity contribution in [2.45, 2.75) is 6.54 Å². The highest BCUT2D eigenvalue weighted by Crippen LogP contribution is 2.34. The van der Waals surface area contributed by atoms with Crippen LogP contribution >= 0.6 is 50.5 Å². The second-order valence-corrected chi connectivity index (χ2v) is 6.07. The summed E-state index contributed by atoms with van der Waals surface area (Å²) in [4.78, 5) is 1.19. The second kappa shape index (κ2) is 5.48. The molecule has 3 N–H and O–H groups in total. The third-order valence-corrected chi connectivity index (χ3v) is 4.70. The molecule has 0 atom stereocenters. The zero-order chi connectivity index (χ0) is 12.4. The van der Waals surface area contributed by atoms with Gasteiger partial charge in [-0.05, 0) is 39.5 Å². The molecule has 0 saturated heterocycles. The predicted octanol–water partition coefficient (Wildman–Crippen LogP) is 5.01. The van der Waals surface area contributed by atoms with Crippen molar-refractivity contribution in [2.75, 3.05) is 11.1 Å². The third kappa shape index (κ3) is 3.07. The van der Waals surface area contributed by atoms with Gasteiger partial charge in [-0.1, -0.05) is 23.2 Å². The summed E-state index contributed by atoms with van der Waals surface area (Å²) in [5.41, 5.74) is 6.91. The molecule has 2 nitrogen and oxygen atoms in total. The molecule has 2 rings (SSSR count). The van der Waals surface area contributed by atoms with Crippen molar-refractivity contribution < 1.29 is 0 Å². The fourth-order valence-corrected chi connectivity index (χ4v) is 3.45. The number of thiophene rings is 1. The first-order chi connectivity index (χ1) is 8.08. The Bertz CT molecular complexity index is 519. The van der Waals surface area contributed by atoms with Crippen molar-refractivity contribution in [3.05, 3.63) is 43.0 Å². The van der Waals surface area contributed by atoms with Gasteiger partial charge in [-0.2, -0.15) is 0 Å². The van der Waals surface area contributed by atoms with Crippen LogP contribution < -0.4 is 11.1 Å². The Balaban J connectivity index is 2.17. The van der Waals surface area contributed by atoms with Crippen LogP contribution in [0.25, 0.3) is 0 Å². The minimum Gasteiger partial charge on any atom is -0.399 e. The average molecular weight is 352 g/mol. The lowest BCUT2D eigenvalue weighted by Gasteiger charge is -2.10. The monoisotopic (exact) mass is 350 g/mol. The lowest BCUT2D eigenvalue weighted by atomic mass is 10.2. The van der Waals surface area contributed by atoms with E-state index in [0.717, 1.165) is 4.47 Å². The van der Waals surface area contributed by atoms with Crippen LogP contribution in [0.2, 0.25) is 10.0 Å². The molecule has 1 heterocycles. The number of hydrogen-bond acceptors (Lipinski definition) is 3. The van der Waals surface area contributed by atoms with Gasteiger partial charge in [-0.25, -0.2) is 0 Å². The fourth-order valence-electron chi connectivity index (χ4n) is 1.38. The highest BCUT2D eigenvalue weighted by atomic mass is 79.9. The smallest absolute Gasteiger partial charge is 0.0723 e. The zero-order valence-corrected chi connectivity index (χ0v) is 12.6. The van der Waals surface area contributed by atoms with E-state index in [9.17, 15) is 0 Å². The molecule has 17 heavy (non-hydrogen) atoms. The first kappa shape index (κ1) is 13.0. The summed E-state index contributed by atoms with van der Waals surface area (Å²) >= 11 is 17.3. The minimum atomic E-state index is 0.530. The molecule has 1 aromatic heterocycles. The van der Waals surface area contributed by atoms with Crippen molar-refractivity contribution in [1.29, 1.82) is 0 Å². The second-order valence-electron chi connectivity index (χ2n) is 3.40. The van der Waals surface area contributed by atoms with Gasteiger partial charge in [0.15, 0.2) is 0 Å². The molecule has 0 fully saturated rings. The number of nitrogen functional groups attached to an aromatic ring is 1. The molecular formula is C11H9BrCl2N2S. The van der Waals surface area contributed by atoms with E-state index in [1.165, 1.54) is 4.88 Å². The van der Waals surface area contributed by atoms with Gasteiger partial charge in [0.05, 0.1) is 22.3 Å². The number of anilines is 2. The largest absolute Gasteiger partial charge is 0.399 e. The first-order valence-electron chi connectivity index (χ1n) is 4.78. The van der Waals surface area contributed by atoms with Crippen molar-refractivity contribution in [2.24, 2.45) is 0 Å². The molecular weight excluding hydrogens is 343 g/mol. The summed E-state index contributed by atoms with van der Waals surface area (Å²) in [7, 11) is 0. The quantitative estimate of drug-likeness (QED) is 0.762. The Morgan fingerprint density at radius 2 is 1.94 bits per heavy atom. The van der Waals surface area contributed by atoms with Crippen molar-refractivity contribution in [1.82, 2.24) is 0 Å². The van der Waals surface area contributed by atoms with Gasteiger partial charge in [0.1, 0.15) is 0 Å². The van der Waals surface area contributed by atoms with Crippen molar-refractivity contribution >= 4 is 61.8 Å². The molecule has 0 radical (unpaired) electrons. The molecule has 0 spiro atoms. The summed E-state index contributed by atoms with van der Waals surface area (Å²) in [5, 5.41) is 6.29. The van der Waals surface area contributed by atoms with Crippen molar-refractivity contribution in [3.63, 3.8) is 0 Å². The zero-order valence-electron chi connectivity index (χ0n) is 8.64. The maximum Gasteiger partial charge on any atom is 0.0723 e. The lowest BCUT2D eigenvalue weighted by molar-refractivity contribution is 1.18. The molecule has 0 aliphatic heterocycles. The number of benzene rings is 1. The molecule has 6 heteroatoms. The normalized spacial score (nSPS) is 10.5. The van der Waals surface area contributed by atoms with E-state index in [0.29, 0.717) is 28.0 Å². The topological polar surface area (TPSA) is 38.0 Å². The van der Waals surface area contributed by atoms with E-state index >= 15 is 0 Å². The highest BCUT2D eigenvalue weighted by Gasteiger charge is 2.08. The van der Waals surface area contributed by atoms with Gasteiger partial charge < -0.3 is 11.1 Å². The van der Waals surface area contributed by atoms with E-state index < -0.39 is 0 Å². The summed E-state index contributed by atoms with van der Waals surface area (Å²) in [6.45, 7) is 0.668.